The van der Waals surface area contributed by atoms with Crippen LogP contribution in [0.3, 0.4) is 0 Å². The van der Waals surface area contributed by atoms with Crippen LogP contribution in [-0.4, -0.2) is 16.3 Å². The first kappa shape index (κ1) is 10.0. The molecule has 0 bridgehead atoms. The largest absolute Gasteiger partial charge is 0.369 e. The molecule has 1 aromatic heterocycles. The summed E-state index contributed by atoms with van der Waals surface area (Å²) in [4.78, 5) is 0. The maximum Gasteiger partial charge on any atom is 0.147 e. The molecule has 3 heteroatoms. The summed E-state index contributed by atoms with van der Waals surface area (Å²) in [5, 5.41) is 7.20. The summed E-state index contributed by atoms with van der Waals surface area (Å²) in [6.45, 7) is 6.98. The lowest BCUT2D eigenvalue weighted by atomic mass is 10.6. The molecule has 0 aliphatic rings. The zero-order valence-electron chi connectivity index (χ0n) is 7.76. The average Bonchev–Trinajstić information content (AvgIpc) is 2.41. The van der Waals surface area contributed by atoms with Crippen LogP contribution in [-0.2, 0) is 7.05 Å². The quantitative estimate of drug-likeness (QED) is 0.706. The Morgan fingerprint density at radius 2 is 2.18 bits per heavy atom. The van der Waals surface area contributed by atoms with Crippen molar-refractivity contribution in [2.75, 3.05) is 11.9 Å². The number of hydrogen-bond acceptors (Lipinski definition) is 2. The molecule has 0 aliphatic heterocycles. The van der Waals surface area contributed by atoms with Crippen LogP contribution >= 0.6 is 0 Å². The van der Waals surface area contributed by atoms with Gasteiger partial charge in [-0.05, 0) is 6.92 Å². The van der Waals surface area contributed by atoms with E-state index in [1.807, 2.05) is 33.2 Å². The summed E-state index contributed by atoms with van der Waals surface area (Å²) in [6.07, 6.45) is 1.91. The molecule has 11 heavy (non-hydrogen) atoms. The summed E-state index contributed by atoms with van der Waals surface area (Å²) >= 11 is 0. The number of aromatic nitrogens is 2. The van der Waals surface area contributed by atoms with E-state index >= 15 is 0 Å². The van der Waals surface area contributed by atoms with Gasteiger partial charge in [0.25, 0.3) is 0 Å². The smallest absolute Gasteiger partial charge is 0.147 e. The monoisotopic (exact) mass is 155 g/mol. The molecule has 0 radical (unpaired) electrons. The molecule has 0 saturated heterocycles. The number of anilines is 1. The highest BCUT2D eigenvalue weighted by Crippen LogP contribution is 1.98. The maximum atomic E-state index is 4.11. The Kier molecular flexibility index (Phi) is 5.25. The Labute approximate surface area is 68.4 Å². The molecule has 3 nitrogen and oxygen atoms in total. The van der Waals surface area contributed by atoms with Crippen molar-refractivity contribution in [3.63, 3.8) is 0 Å². The number of nitrogens with zero attached hydrogens (tertiary/aromatic N) is 2. The van der Waals surface area contributed by atoms with Gasteiger partial charge in [0, 0.05) is 25.9 Å². The molecular weight excluding hydrogens is 138 g/mol. The van der Waals surface area contributed by atoms with Crippen LogP contribution in [0.25, 0.3) is 0 Å². The zero-order chi connectivity index (χ0) is 8.69. The minimum absolute atomic E-state index is 0.928. The van der Waals surface area contributed by atoms with Gasteiger partial charge < -0.3 is 5.32 Å². The fourth-order valence-corrected chi connectivity index (χ4v) is 0.690. The Morgan fingerprint density at radius 1 is 1.55 bits per heavy atom. The fourth-order valence-electron chi connectivity index (χ4n) is 0.690. The van der Waals surface area contributed by atoms with Crippen molar-refractivity contribution in [1.29, 1.82) is 0 Å². The van der Waals surface area contributed by atoms with Gasteiger partial charge in [-0.25, -0.2) is 0 Å². The molecule has 1 N–H and O–H groups in total. The second-order valence-corrected chi connectivity index (χ2v) is 1.90. The molecule has 1 rings (SSSR count). The van der Waals surface area contributed by atoms with E-state index in [0.717, 1.165) is 12.4 Å². The summed E-state index contributed by atoms with van der Waals surface area (Å²) < 4.78 is 1.78. The van der Waals surface area contributed by atoms with Crippen molar-refractivity contribution < 1.29 is 0 Å². The van der Waals surface area contributed by atoms with Crippen molar-refractivity contribution in [1.82, 2.24) is 9.78 Å². The summed E-state index contributed by atoms with van der Waals surface area (Å²) in [5.41, 5.74) is 0. The number of rotatable bonds is 2. The average molecular weight is 155 g/mol. The molecule has 0 unspecified atom stereocenters. The standard InChI is InChI=1S/C6H11N3.C2H6/c1-3-7-6-4-5-9(2)8-6;1-2/h4-5H,3H2,1-2H3,(H,7,8);1-2H3. The Bertz CT molecular complexity index is 181. The fraction of sp³-hybridized carbons (Fsp3) is 0.625. The van der Waals surface area contributed by atoms with E-state index < -0.39 is 0 Å². The molecule has 64 valence electrons. The van der Waals surface area contributed by atoms with Crippen LogP contribution in [0.1, 0.15) is 20.8 Å². The second kappa shape index (κ2) is 5.77. The maximum absolute atomic E-state index is 4.11. The van der Waals surface area contributed by atoms with Gasteiger partial charge in [0.1, 0.15) is 5.82 Å². The van der Waals surface area contributed by atoms with Crippen LogP contribution < -0.4 is 5.32 Å². The zero-order valence-corrected chi connectivity index (χ0v) is 7.76. The van der Waals surface area contributed by atoms with Crippen molar-refractivity contribution in [3.8, 4) is 0 Å². The van der Waals surface area contributed by atoms with E-state index in [-0.39, 0.29) is 0 Å². The van der Waals surface area contributed by atoms with E-state index in [0.29, 0.717) is 0 Å². The first-order chi connectivity index (χ1) is 5.33. The Morgan fingerprint density at radius 3 is 2.55 bits per heavy atom. The third kappa shape index (κ3) is 3.65. The van der Waals surface area contributed by atoms with Crippen LogP contribution in [0.4, 0.5) is 5.82 Å². The molecule has 0 spiro atoms. The predicted molar refractivity (Wildman–Crippen MR) is 48.7 cm³/mol. The number of aryl methyl sites for hydroxylation is 1. The van der Waals surface area contributed by atoms with Gasteiger partial charge in [0.2, 0.25) is 0 Å². The van der Waals surface area contributed by atoms with E-state index in [4.69, 9.17) is 0 Å². The van der Waals surface area contributed by atoms with Crippen LogP contribution in [0.15, 0.2) is 12.3 Å². The van der Waals surface area contributed by atoms with Gasteiger partial charge in [0.15, 0.2) is 0 Å². The number of hydrogen-bond donors (Lipinski definition) is 1. The normalized spacial score (nSPS) is 8.36. The lowest BCUT2D eigenvalue weighted by Gasteiger charge is -1.93. The molecule has 0 atom stereocenters. The molecule has 0 fully saturated rings. The molecule has 0 amide bonds. The van der Waals surface area contributed by atoms with Crippen molar-refractivity contribution in [3.05, 3.63) is 12.3 Å². The molecule has 0 aromatic carbocycles. The Hall–Kier alpha value is -0.990. The second-order valence-electron chi connectivity index (χ2n) is 1.90. The summed E-state index contributed by atoms with van der Waals surface area (Å²) in [6, 6.07) is 1.95. The van der Waals surface area contributed by atoms with Gasteiger partial charge in [-0.2, -0.15) is 5.10 Å². The van der Waals surface area contributed by atoms with Crippen LogP contribution in [0.5, 0.6) is 0 Å². The topological polar surface area (TPSA) is 29.9 Å². The van der Waals surface area contributed by atoms with Crippen LogP contribution in [0, 0.1) is 0 Å². The minimum atomic E-state index is 0.928. The van der Waals surface area contributed by atoms with Gasteiger partial charge in [-0.3, -0.25) is 4.68 Å². The number of nitrogens with one attached hydrogen (secondary N) is 1. The van der Waals surface area contributed by atoms with Gasteiger partial charge in [-0.1, -0.05) is 13.8 Å². The third-order valence-corrected chi connectivity index (χ3v) is 1.07. The van der Waals surface area contributed by atoms with Gasteiger partial charge in [-0.15, -0.1) is 0 Å². The molecule has 0 aliphatic carbocycles. The third-order valence-electron chi connectivity index (χ3n) is 1.07. The predicted octanol–water partition coefficient (Wildman–Crippen LogP) is 1.88. The minimum Gasteiger partial charge on any atom is -0.369 e. The van der Waals surface area contributed by atoms with E-state index in [9.17, 15) is 0 Å². The first-order valence-electron chi connectivity index (χ1n) is 4.06. The summed E-state index contributed by atoms with van der Waals surface area (Å²) in [5.74, 6) is 0.944. The lowest BCUT2D eigenvalue weighted by molar-refractivity contribution is 0.769. The molecule has 1 aromatic rings. The van der Waals surface area contributed by atoms with Crippen molar-refractivity contribution in [2.24, 2.45) is 7.05 Å². The van der Waals surface area contributed by atoms with Crippen LogP contribution in [0.2, 0.25) is 0 Å². The molecular formula is C8H17N3. The van der Waals surface area contributed by atoms with Gasteiger partial charge >= 0.3 is 0 Å². The van der Waals surface area contributed by atoms with Gasteiger partial charge in [0.05, 0.1) is 0 Å². The van der Waals surface area contributed by atoms with E-state index in [2.05, 4.69) is 17.3 Å². The van der Waals surface area contributed by atoms with Crippen molar-refractivity contribution >= 4 is 5.82 Å². The molecule has 1 heterocycles. The van der Waals surface area contributed by atoms with Crippen molar-refractivity contribution in [2.45, 2.75) is 20.8 Å². The Balaban J connectivity index is 0.000000461. The van der Waals surface area contributed by atoms with E-state index in [1.165, 1.54) is 0 Å². The first-order valence-corrected chi connectivity index (χ1v) is 4.06. The highest BCUT2D eigenvalue weighted by atomic mass is 15.3. The SMILES string of the molecule is CC.CCNc1ccn(C)n1. The molecule has 0 saturated carbocycles. The highest BCUT2D eigenvalue weighted by Gasteiger charge is 1.89. The lowest BCUT2D eigenvalue weighted by Crippen LogP contribution is -1.97. The summed E-state index contributed by atoms with van der Waals surface area (Å²) in [7, 11) is 1.90. The highest BCUT2D eigenvalue weighted by molar-refractivity contribution is 5.31. The van der Waals surface area contributed by atoms with E-state index in [1.54, 1.807) is 4.68 Å².